The first-order chi connectivity index (χ1) is 14.7. The van der Waals surface area contributed by atoms with Crippen LogP contribution in [0.3, 0.4) is 0 Å². The Kier molecular flexibility index (Phi) is 6.67. The van der Waals surface area contributed by atoms with Crippen LogP contribution in [0.1, 0.15) is 30.9 Å². The molecule has 2 aliphatic rings. The number of epoxide rings is 1. The van der Waals surface area contributed by atoms with Gasteiger partial charge >= 0.3 is 6.09 Å². The largest absolute Gasteiger partial charge is 0.445 e. The van der Waals surface area contributed by atoms with Crippen molar-refractivity contribution in [3.8, 4) is 0 Å². The van der Waals surface area contributed by atoms with Crippen molar-refractivity contribution in [2.45, 2.75) is 63.4 Å². The average molecular weight is 411 g/mol. The first kappa shape index (κ1) is 20.8. The third kappa shape index (κ3) is 4.67. The molecule has 0 spiro atoms. The summed E-state index contributed by atoms with van der Waals surface area (Å²) in [5.41, 5.74) is 2.00. The lowest BCUT2D eigenvalue weighted by Crippen LogP contribution is -2.52. The predicted molar refractivity (Wildman–Crippen MR) is 112 cm³/mol. The number of aliphatic hydroxyl groups excluding tert-OH is 1. The van der Waals surface area contributed by atoms with E-state index in [2.05, 4.69) is 0 Å². The molecule has 2 aromatic rings. The molecule has 1 N–H and O–H groups in total. The van der Waals surface area contributed by atoms with E-state index in [1.54, 1.807) is 4.90 Å². The lowest BCUT2D eigenvalue weighted by molar-refractivity contribution is -0.0268. The van der Waals surface area contributed by atoms with Gasteiger partial charge in [-0.05, 0) is 17.5 Å². The number of benzene rings is 2. The highest BCUT2D eigenvalue weighted by Crippen LogP contribution is 2.44. The van der Waals surface area contributed by atoms with Gasteiger partial charge in [-0.3, -0.25) is 4.90 Å². The number of carbonyl (C=O) groups is 1. The number of likely N-dealkylation sites (tertiary alicyclic amines) is 1. The minimum atomic E-state index is -0.645. The molecule has 30 heavy (non-hydrogen) atoms. The van der Waals surface area contributed by atoms with Crippen LogP contribution in [0.2, 0.25) is 0 Å². The van der Waals surface area contributed by atoms with Crippen molar-refractivity contribution >= 4 is 6.09 Å². The first-order valence-electron chi connectivity index (χ1n) is 10.6. The standard InChI is InChI=1S/C24H29NO5/c1-2-9-20(26)21-23-22(30-23)19(16-28-14-17-10-5-3-6-11-17)25(21)24(27)29-15-18-12-7-4-8-13-18/h3-8,10-13,19-23,26H,2,9,14-16H2,1H3/t19-,20+,21-,22?,23?/m0/s1. The summed E-state index contributed by atoms with van der Waals surface area (Å²) in [5.74, 6) is 0. The van der Waals surface area contributed by atoms with E-state index in [0.29, 0.717) is 19.6 Å². The maximum atomic E-state index is 13.0. The van der Waals surface area contributed by atoms with Gasteiger partial charge in [0.05, 0.1) is 31.4 Å². The Labute approximate surface area is 177 Å². The van der Waals surface area contributed by atoms with Crippen LogP contribution >= 0.6 is 0 Å². The summed E-state index contributed by atoms with van der Waals surface area (Å²) in [6.07, 6.45) is 0.105. The zero-order valence-electron chi connectivity index (χ0n) is 17.2. The smallest absolute Gasteiger partial charge is 0.410 e. The van der Waals surface area contributed by atoms with E-state index < -0.39 is 18.2 Å². The zero-order valence-corrected chi connectivity index (χ0v) is 17.2. The van der Waals surface area contributed by atoms with E-state index in [1.807, 2.05) is 67.6 Å². The van der Waals surface area contributed by atoms with Gasteiger partial charge in [-0.2, -0.15) is 0 Å². The molecule has 2 fully saturated rings. The fraction of sp³-hybridized carbons (Fsp3) is 0.458. The number of morpholine rings is 1. The average Bonchev–Trinajstić information content (AvgIpc) is 3.49. The predicted octanol–water partition coefficient (Wildman–Crippen LogP) is 3.52. The van der Waals surface area contributed by atoms with Crippen LogP contribution in [-0.4, -0.2) is 53.1 Å². The summed E-state index contributed by atoms with van der Waals surface area (Å²) < 4.78 is 17.3. The molecule has 0 aliphatic carbocycles. The topological polar surface area (TPSA) is 71.5 Å². The molecule has 0 aromatic heterocycles. The molecule has 2 saturated heterocycles. The highest BCUT2D eigenvalue weighted by Gasteiger charge is 2.64. The summed E-state index contributed by atoms with van der Waals surface area (Å²) in [6.45, 7) is 3.01. The second-order valence-corrected chi connectivity index (χ2v) is 7.93. The number of hydrogen-bond donors (Lipinski definition) is 1. The van der Waals surface area contributed by atoms with Crippen LogP contribution in [0.4, 0.5) is 4.79 Å². The fourth-order valence-electron chi connectivity index (χ4n) is 4.23. The van der Waals surface area contributed by atoms with E-state index >= 15 is 0 Å². The molecule has 4 rings (SSSR count). The number of nitrogens with zero attached hydrogens (tertiary/aromatic N) is 1. The highest BCUT2D eigenvalue weighted by atomic mass is 16.6. The van der Waals surface area contributed by atoms with Crippen LogP contribution in [0.25, 0.3) is 0 Å². The molecular formula is C24H29NO5. The summed E-state index contributed by atoms with van der Waals surface area (Å²) in [7, 11) is 0. The minimum Gasteiger partial charge on any atom is -0.445 e. The zero-order chi connectivity index (χ0) is 20.9. The maximum absolute atomic E-state index is 13.0. The van der Waals surface area contributed by atoms with Gasteiger partial charge in [0.15, 0.2) is 0 Å². The lowest BCUT2D eigenvalue weighted by atomic mass is 10.0. The van der Waals surface area contributed by atoms with Gasteiger partial charge < -0.3 is 19.3 Å². The molecule has 6 heteroatoms. The molecule has 2 aliphatic heterocycles. The van der Waals surface area contributed by atoms with Crippen molar-refractivity contribution < 1.29 is 24.1 Å². The van der Waals surface area contributed by atoms with Gasteiger partial charge in [-0.1, -0.05) is 74.0 Å². The molecule has 1 amide bonds. The normalized spacial score (nSPS) is 25.6. The molecule has 2 heterocycles. The first-order valence-corrected chi connectivity index (χ1v) is 10.6. The number of aliphatic hydroxyl groups is 1. The molecule has 0 bridgehead atoms. The SMILES string of the molecule is CCC[C@@H](O)[C@H]1C2OC2[C@H](COCc2ccccc2)N1C(=O)OCc1ccccc1. The van der Waals surface area contributed by atoms with Crippen LogP contribution in [0.5, 0.6) is 0 Å². The second-order valence-electron chi connectivity index (χ2n) is 7.93. The van der Waals surface area contributed by atoms with Crippen molar-refractivity contribution in [1.29, 1.82) is 0 Å². The summed E-state index contributed by atoms with van der Waals surface area (Å²) in [5, 5.41) is 10.7. The lowest BCUT2D eigenvalue weighted by Gasteiger charge is -2.34. The molecule has 6 nitrogen and oxygen atoms in total. The van der Waals surface area contributed by atoms with Crippen LogP contribution in [0, 0.1) is 0 Å². The van der Waals surface area contributed by atoms with Crippen molar-refractivity contribution in [3.63, 3.8) is 0 Å². The number of hydrogen-bond acceptors (Lipinski definition) is 5. The number of fused-ring (bicyclic) bond motifs is 1. The van der Waals surface area contributed by atoms with Gasteiger partial charge in [-0.25, -0.2) is 4.79 Å². The maximum Gasteiger partial charge on any atom is 0.410 e. The Morgan fingerprint density at radius 1 is 1.03 bits per heavy atom. The molecular weight excluding hydrogens is 382 g/mol. The third-order valence-corrected chi connectivity index (χ3v) is 5.75. The van der Waals surface area contributed by atoms with Gasteiger partial charge in [0.1, 0.15) is 18.8 Å². The Balaban J connectivity index is 1.42. The van der Waals surface area contributed by atoms with E-state index in [1.165, 1.54) is 0 Å². The summed E-state index contributed by atoms with van der Waals surface area (Å²) >= 11 is 0. The minimum absolute atomic E-state index is 0.110. The Bertz CT molecular complexity index is 815. The van der Waals surface area contributed by atoms with Crippen molar-refractivity contribution in [2.75, 3.05) is 6.61 Å². The van der Waals surface area contributed by atoms with Gasteiger partial charge in [0, 0.05) is 0 Å². The molecule has 2 aromatic carbocycles. The van der Waals surface area contributed by atoms with Crippen LogP contribution < -0.4 is 0 Å². The van der Waals surface area contributed by atoms with Crippen molar-refractivity contribution in [1.82, 2.24) is 4.90 Å². The summed E-state index contributed by atoms with van der Waals surface area (Å²) in [6, 6.07) is 18.8. The fourth-order valence-corrected chi connectivity index (χ4v) is 4.23. The van der Waals surface area contributed by atoms with Gasteiger partial charge in [0.2, 0.25) is 0 Å². The monoisotopic (exact) mass is 411 g/mol. The van der Waals surface area contributed by atoms with E-state index in [-0.39, 0.29) is 24.9 Å². The highest BCUT2D eigenvalue weighted by molar-refractivity contribution is 5.70. The molecule has 0 saturated carbocycles. The number of carbonyl (C=O) groups excluding carboxylic acids is 1. The Morgan fingerprint density at radius 3 is 2.30 bits per heavy atom. The molecule has 5 atom stereocenters. The number of rotatable bonds is 9. The van der Waals surface area contributed by atoms with Crippen molar-refractivity contribution in [2.24, 2.45) is 0 Å². The molecule has 160 valence electrons. The number of amides is 1. The van der Waals surface area contributed by atoms with Crippen LogP contribution in [0.15, 0.2) is 60.7 Å². The molecule has 2 unspecified atom stereocenters. The molecule has 0 radical (unpaired) electrons. The van der Waals surface area contributed by atoms with E-state index in [0.717, 1.165) is 17.5 Å². The van der Waals surface area contributed by atoms with Crippen LogP contribution in [-0.2, 0) is 27.4 Å². The Morgan fingerprint density at radius 2 is 1.67 bits per heavy atom. The van der Waals surface area contributed by atoms with Crippen molar-refractivity contribution in [3.05, 3.63) is 71.8 Å². The van der Waals surface area contributed by atoms with E-state index in [9.17, 15) is 9.90 Å². The van der Waals surface area contributed by atoms with Gasteiger partial charge in [0.25, 0.3) is 0 Å². The third-order valence-electron chi connectivity index (χ3n) is 5.75. The quantitative estimate of drug-likeness (QED) is 0.640. The summed E-state index contributed by atoms with van der Waals surface area (Å²) in [4.78, 5) is 14.7. The van der Waals surface area contributed by atoms with E-state index in [4.69, 9.17) is 14.2 Å². The van der Waals surface area contributed by atoms with Gasteiger partial charge in [-0.15, -0.1) is 0 Å². The second kappa shape index (κ2) is 9.60. The Hall–Kier alpha value is -2.41. The number of ether oxygens (including phenoxy) is 3.